The van der Waals surface area contributed by atoms with Crippen molar-refractivity contribution in [3.63, 3.8) is 0 Å². The number of H-pyrrole nitrogens is 1. The summed E-state index contributed by atoms with van der Waals surface area (Å²) in [5, 5.41) is 9.60. The molecule has 0 saturated carbocycles. The van der Waals surface area contributed by atoms with Crippen LogP contribution in [0.4, 0.5) is 16.0 Å². The number of fused-ring (bicyclic) bond motifs is 1. The van der Waals surface area contributed by atoms with Gasteiger partial charge in [0.25, 0.3) is 5.56 Å². The lowest BCUT2D eigenvalue weighted by molar-refractivity contribution is 0.414. The molecule has 0 fully saturated rings. The van der Waals surface area contributed by atoms with Gasteiger partial charge in [0.1, 0.15) is 22.3 Å². The van der Waals surface area contributed by atoms with Crippen molar-refractivity contribution >= 4 is 34.8 Å². The van der Waals surface area contributed by atoms with Gasteiger partial charge in [-0.05, 0) is 42.3 Å². The van der Waals surface area contributed by atoms with Gasteiger partial charge in [0.15, 0.2) is 0 Å². The quantitative estimate of drug-likeness (QED) is 0.336. The van der Waals surface area contributed by atoms with Crippen LogP contribution < -0.4 is 25.2 Å². The Morgan fingerprint density at radius 1 is 1.16 bits per heavy atom. The van der Waals surface area contributed by atoms with Crippen molar-refractivity contribution in [3.8, 4) is 17.4 Å². The van der Waals surface area contributed by atoms with Crippen molar-refractivity contribution in [2.45, 2.75) is 19.5 Å². The summed E-state index contributed by atoms with van der Waals surface area (Å²) in [6.45, 7) is 1.31. The Bertz CT molecular complexity index is 1500. The van der Waals surface area contributed by atoms with Gasteiger partial charge in [0.05, 0.1) is 36.3 Å². The van der Waals surface area contributed by atoms with E-state index in [1.807, 2.05) is 29.2 Å². The first kappa shape index (κ1) is 24.8. The minimum atomic E-state index is -0.470. The van der Waals surface area contributed by atoms with E-state index in [1.54, 1.807) is 7.11 Å². The van der Waals surface area contributed by atoms with Gasteiger partial charge in [-0.3, -0.25) is 4.79 Å². The number of anilines is 2. The Morgan fingerprint density at radius 3 is 2.73 bits per heavy atom. The lowest BCUT2D eigenvalue weighted by atomic mass is 10.1. The highest BCUT2D eigenvalue weighted by atomic mass is 35.5. The molecule has 0 spiro atoms. The Balaban J connectivity index is 1.47. The fraction of sp³-hybridized carbons (Fsp3) is 0.200. The number of methoxy groups -OCH3 is 1. The number of aromatic nitrogens is 4. The van der Waals surface area contributed by atoms with Crippen LogP contribution in [0.15, 0.2) is 53.5 Å². The molecule has 0 radical (unpaired) electrons. The first-order chi connectivity index (χ1) is 17.9. The van der Waals surface area contributed by atoms with E-state index in [9.17, 15) is 9.18 Å². The molecule has 2 aromatic carbocycles. The van der Waals surface area contributed by atoms with Crippen LogP contribution in [0.1, 0.15) is 16.8 Å². The summed E-state index contributed by atoms with van der Waals surface area (Å²) in [7, 11) is 1.61. The number of nitrogens with one attached hydrogen (secondary N) is 2. The highest BCUT2D eigenvalue weighted by Crippen LogP contribution is 2.35. The average molecular weight is 543 g/mol. The lowest BCUT2D eigenvalue weighted by Gasteiger charge is -2.30. The number of benzene rings is 2. The molecule has 190 valence electrons. The molecule has 0 bridgehead atoms. The van der Waals surface area contributed by atoms with Crippen LogP contribution in [-0.4, -0.2) is 33.8 Å². The molecule has 12 heteroatoms. The second kappa shape index (κ2) is 10.6. The number of ether oxygens (including phenoxy) is 2. The SMILES string of the molecule is COc1ccc(CNc2nc3c(c(Oc4ccc(F)cc4Cl)n2)CCN(c2cn[nH]c(=O)c2Cl)C3)cc1. The average Bonchev–Trinajstić information content (AvgIpc) is 2.90. The van der Waals surface area contributed by atoms with Crippen molar-refractivity contribution in [1.82, 2.24) is 20.2 Å². The predicted molar refractivity (Wildman–Crippen MR) is 138 cm³/mol. The van der Waals surface area contributed by atoms with Crippen LogP contribution >= 0.6 is 23.2 Å². The molecule has 0 amide bonds. The van der Waals surface area contributed by atoms with Gasteiger partial charge in [-0.1, -0.05) is 35.3 Å². The summed E-state index contributed by atoms with van der Waals surface area (Å²) in [4.78, 5) is 23.2. The molecule has 9 nitrogen and oxygen atoms in total. The highest BCUT2D eigenvalue weighted by Gasteiger charge is 2.26. The van der Waals surface area contributed by atoms with Crippen LogP contribution in [0, 0.1) is 5.82 Å². The fourth-order valence-electron chi connectivity index (χ4n) is 3.95. The van der Waals surface area contributed by atoms with Crippen LogP contribution in [0.25, 0.3) is 0 Å². The summed E-state index contributed by atoms with van der Waals surface area (Å²) >= 11 is 12.5. The molecule has 3 heterocycles. The number of aromatic amines is 1. The van der Waals surface area contributed by atoms with E-state index in [4.69, 9.17) is 37.7 Å². The Kier molecular flexibility index (Phi) is 7.11. The Labute approximate surface area is 221 Å². The normalized spacial score (nSPS) is 12.7. The molecule has 37 heavy (non-hydrogen) atoms. The zero-order valence-electron chi connectivity index (χ0n) is 19.6. The van der Waals surface area contributed by atoms with Gasteiger partial charge < -0.3 is 19.7 Å². The summed E-state index contributed by atoms with van der Waals surface area (Å²) in [6.07, 6.45) is 2.01. The van der Waals surface area contributed by atoms with Crippen molar-refractivity contribution in [3.05, 3.63) is 91.7 Å². The lowest BCUT2D eigenvalue weighted by Crippen LogP contribution is -2.33. The maximum Gasteiger partial charge on any atom is 0.285 e. The van der Waals surface area contributed by atoms with Crippen molar-refractivity contribution in [2.75, 3.05) is 23.9 Å². The van der Waals surface area contributed by atoms with E-state index in [0.29, 0.717) is 49.3 Å². The molecule has 1 aliphatic rings. The third-order valence-electron chi connectivity index (χ3n) is 5.86. The number of halogens is 3. The molecular formula is C25H21Cl2FN6O3. The monoisotopic (exact) mass is 542 g/mol. The number of hydrogen-bond donors (Lipinski definition) is 2. The minimum Gasteiger partial charge on any atom is -0.497 e. The summed E-state index contributed by atoms with van der Waals surface area (Å²) in [5.74, 6) is 1.20. The molecule has 1 aliphatic heterocycles. The minimum absolute atomic E-state index is 0.0555. The molecule has 0 atom stereocenters. The molecule has 2 aromatic heterocycles. The van der Waals surface area contributed by atoms with Gasteiger partial charge in [-0.15, -0.1) is 0 Å². The second-order valence-corrected chi connectivity index (χ2v) is 9.01. The summed E-state index contributed by atoms with van der Waals surface area (Å²) < 4.78 is 24.8. The van der Waals surface area contributed by atoms with Gasteiger partial charge >= 0.3 is 0 Å². The van der Waals surface area contributed by atoms with Crippen LogP contribution in [0.2, 0.25) is 10.0 Å². The van der Waals surface area contributed by atoms with Crippen molar-refractivity contribution < 1.29 is 13.9 Å². The van der Waals surface area contributed by atoms with Gasteiger partial charge in [-0.2, -0.15) is 10.1 Å². The van der Waals surface area contributed by atoms with Crippen molar-refractivity contribution in [2.24, 2.45) is 0 Å². The Morgan fingerprint density at radius 2 is 1.97 bits per heavy atom. The van der Waals surface area contributed by atoms with Crippen LogP contribution in [0.3, 0.4) is 0 Å². The van der Waals surface area contributed by atoms with Crippen LogP contribution in [-0.2, 0) is 19.5 Å². The molecule has 0 aliphatic carbocycles. The van der Waals surface area contributed by atoms with E-state index in [2.05, 4.69) is 20.5 Å². The van der Waals surface area contributed by atoms with E-state index >= 15 is 0 Å². The molecule has 0 saturated heterocycles. The summed E-state index contributed by atoms with van der Waals surface area (Å²) in [5.41, 5.74) is 2.49. The number of nitrogens with zero attached hydrogens (tertiary/aromatic N) is 4. The highest BCUT2D eigenvalue weighted by molar-refractivity contribution is 6.33. The predicted octanol–water partition coefficient (Wildman–Crippen LogP) is 4.98. The molecule has 0 unspecified atom stereocenters. The molecule has 4 aromatic rings. The van der Waals surface area contributed by atoms with E-state index in [1.165, 1.54) is 24.4 Å². The van der Waals surface area contributed by atoms with Gasteiger partial charge in [0, 0.05) is 18.7 Å². The van der Waals surface area contributed by atoms with E-state index in [0.717, 1.165) is 16.9 Å². The van der Waals surface area contributed by atoms with Gasteiger partial charge in [0.2, 0.25) is 11.8 Å². The number of rotatable bonds is 7. The zero-order valence-corrected chi connectivity index (χ0v) is 21.1. The van der Waals surface area contributed by atoms with Crippen LogP contribution in [0.5, 0.6) is 17.4 Å². The summed E-state index contributed by atoms with van der Waals surface area (Å²) in [6, 6.07) is 11.5. The topological polar surface area (TPSA) is 105 Å². The second-order valence-electron chi connectivity index (χ2n) is 8.23. The first-order valence-corrected chi connectivity index (χ1v) is 12.0. The molecular weight excluding hydrogens is 522 g/mol. The fourth-order valence-corrected chi connectivity index (χ4v) is 4.36. The van der Waals surface area contributed by atoms with E-state index in [-0.39, 0.29) is 15.8 Å². The third-order valence-corrected chi connectivity index (χ3v) is 6.52. The maximum atomic E-state index is 13.6. The van der Waals surface area contributed by atoms with Gasteiger partial charge in [-0.25, -0.2) is 14.5 Å². The standard InChI is InChI=1S/C25H21Cl2FN6O3/c1-36-16-5-2-14(3-6-16)11-29-25-31-19-13-34(20-12-30-33-23(35)22(20)27)9-8-17(19)24(32-25)37-21-7-4-15(28)10-18(21)26/h2-7,10,12H,8-9,11,13H2,1H3,(H,33,35)(H,29,31,32). The van der Waals surface area contributed by atoms with Crippen molar-refractivity contribution in [1.29, 1.82) is 0 Å². The zero-order chi connectivity index (χ0) is 25.9. The number of hydrogen-bond acceptors (Lipinski definition) is 8. The molecule has 2 N–H and O–H groups in total. The van der Waals surface area contributed by atoms with E-state index < -0.39 is 11.4 Å². The smallest absolute Gasteiger partial charge is 0.285 e. The Hall–Kier alpha value is -3.89. The largest absolute Gasteiger partial charge is 0.497 e. The first-order valence-electron chi connectivity index (χ1n) is 11.3. The molecule has 5 rings (SSSR count). The maximum absolute atomic E-state index is 13.6. The third kappa shape index (κ3) is 5.45.